The Kier molecular flexibility index (Phi) is 3.17. The molecule has 0 saturated heterocycles. The Bertz CT molecular complexity index is 741. The molecule has 5 nitrogen and oxygen atoms in total. The molecule has 2 aromatic rings. The Morgan fingerprint density at radius 1 is 1.29 bits per heavy atom. The number of nitro benzene ring substituents is 1. The third-order valence-electron chi connectivity index (χ3n) is 3.75. The van der Waals surface area contributed by atoms with Gasteiger partial charge in [0.25, 0.3) is 5.69 Å². The fourth-order valence-corrected chi connectivity index (χ4v) is 2.78. The third kappa shape index (κ3) is 2.27. The minimum Gasteiger partial charge on any atom is -0.320 e. The monoisotopic (exact) mass is 282 g/mol. The normalized spacial score (nSPS) is 17.0. The molecule has 1 aliphatic carbocycles. The topological polar surface area (TPSA) is 65.1 Å². The van der Waals surface area contributed by atoms with Crippen LogP contribution in [0.25, 0.3) is 11.3 Å². The van der Waals surface area contributed by atoms with Crippen molar-refractivity contribution in [2.45, 2.75) is 13.3 Å². The van der Waals surface area contributed by atoms with Gasteiger partial charge in [0.1, 0.15) is 6.29 Å². The molecule has 1 heterocycles. The molecule has 1 aromatic heterocycles. The summed E-state index contributed by atoms with van der Waals surface area (Å²) < 4.78 is 1.99. The molecule has 3 rings (SSSR count). The first kappa shape index (κ1) is 13.3. The molecule has 0 bridgehead atoms. The van der Waals surface area contributed by atoms with Crippen LogP contribution >= 0.6 is 0 Å². The van der Waals surface area contributed by atoms with Crippen LogP contribution in [-0.4, -0.2) is 15.8 Å². The average molecular weight is 282 g/mol. The van der Waals surface area contributed by atoms with Gasteiger partial charge in [-0.3, -0.25) is 14.9 Å². The zero-order valence-corrected chi connectivity index (χ0v) is 11.5. The van der Waals surface area contributed by atoms with Gasteiger partial charge in [0.2, 0.25) is 0 Å². The predicted molar refractivity (Wildman–Crippen MR) is 79.3 cm³/mol. The van der Waals surface area contributed by atoms with E-state index in [9.17, 15) is 14.9 Å². The van der Waals surface area contributed by atoms with E-state index in [0.717, 1.165) is 29.7 Å². The zero-order chi connectivity index (χ0) is 15.0. The second kappa shape index (κ2) is 5.01. The molecule has 1 aromatic carbocycles. The van der Waals surface area contributed by atoms with Crippen molar-refractivity contribution in [3.63, 3.8) is 0 Å². The highest BCUT2D eigenvalue weighted by molar-refractivity contribution is 6.08. The Morgan fingerprint density at radius 3 is 2.62 bits per heavy atom. The number of rotatable bonds is 3. The largest absolute Gasteiger partial charge is 0.320 e. The summed E-state index contributed by atoms with van der Waals surface area (Å²) in [5.74, 6) is 0.296. The predicted octanol–water partition coefficient (Wildman–Crippen LogP) is 3.16. The lowest BCUT2D eigenvalue weighted by molar-refractivity contribution is -0.384. The van der Waals surface area contributed by atoms with Crippen molar-refractivity contribution in [2.75, 3.05) is 0 Å². The van der Waals surface area contributed by atoms with Crippen molar-refractivity contribution in [2.24, 2.45) is 5.92 Å². The van der Waals surface area contributed by atoms with Crippen LogP contribution in [-0.2, 0) is 11.2 Å². The maximum absolute atomic E-state index is 11.2. The molecule has 1 unspecified atom stereocenters. The van der Waals surface area contributed by atoms with Gasteiger partial charge in [0.05, 0.1) is 4.92 Å². The second-order valence-electron chi connectivity index (χ2n) is 5.24. The number of aromatic nitrogens is 1. The van der Waals surface area contributed by atoms with Crippen molar-refractivity contribution >= 4 is 17.5 Å². The summed E-state index contributed by atoms with van der Waals surface area (Å²) in [7, 11) is 0. The van der Waals surface area contributed by atoms with E-state index in [1.54, 1.807) is 12.1 Å². The molecule has 0 amide bonds. The molecule has 0 N–H and O–H groups in total. The van der Waals surface area contributed by atoms with Crippen LogP contribution in [0.1, 0.15) is 18.2 Å². The summed E-state index contributed by atoms with van der Waals surface area (Å²) in [6, 6.07) is 8.35. The molecule has 21 heavy (non-hydrogen) atoms. The highest BCUT2D eigenvalue weighted by Crippen LogP contribution is 2.31. The molecule has 1 atom stereocenters. The summed E-state index contributed by atoms with van der Waals surface area (Å²) in [6.07, 6.45) is 5.61. The number of carbonyl (C=O) groups is 1. The Labute approximate surface area is 121 Å². The fraction of sp³-hybridized carbons (Fsp3) is 0.188. The molecule has 106 valence electrons. The summed E-state index contributed by atoms with van der Waals surface area (Å²) in [4.78, 5) is 21.5. The number of non-ortho nitro benzene ring substituents is 1. The maximum Gasteiger partial charge on any atom is 0.269 e. The van der Waals surface area contributed by atoms with Crippen LogP contribution in [0.5, 0.6) is 0 Å². The van der Waals surface area contributed by atoms with Crippen molar-refractivity contribution < 1.29 is 9.72 Å². The van der Waals surface area contributed by atoms with E-state index in [2.05, 4.69) is 6.92 Å². The number of hydrogen-bond acceptors (Lipinski definition) is 3. The van der Waals surface area contributed by atoms with E-state index in [1.807, 2.05) is 22.9 Å². The van der Waals surface area contributed by atoms with Gasteiger partial charge in [-0.05, 0) is 30.5 Å². The first-order valence-electron chi connectivity index (χ1n) is 6.72. The summed E-state index contributed by atoms with van der Waals surface area (Å²) in [6.45, 7) is 2.07. The molecule has 0 fully saturated rings. The number of fused-ring (bicyclic) bond motifs is 1. The number of aldehydes is 1. The molecule has 1 aliphatic rings. The van der Waals surface area contributed by atoms with Crippen LogP contribution in [0.15, 0.2) is 42.6 Å². The van der Waals surface area contributed by atoms with Crippen LogP contribution in [0, 0.1) is 16.0 Å². The highest BCUT2D eigenvalue weighted by Gasteiger charge is 2.20. The van der Waals surface area contributed by atoms with Crippen molar-refractivity contribution in [3.05, 3.63) is 64.0 Å². The Balaban J connectivity index is 2.05. The van der Waals surface area contributed by atoms with Gasteiger partial charge in [0.15, 0.2) is 0 Å². The lowest BCUT2D eigenvalue weighted by Gasteiger charge is -2.19. The zero-order valence-electron chi connectivity index (χ0n) is 11.5. The molecule has 0 spiro atoms. The number of nitro groups is 1. The average Bonchev–Trinajstić information content (AvgIpc) is 2.90. The van der Waals surface area contributed by atoms with Gasteiger partial charge >= 0.3 is 0 Å². The van der Waals surface area contributed by atoms with E-state index >= 15 is 0 Å². The van der Waals surface area contributed by atoms with Crippen molar-refractivity contribution in [1.82, 2.24) is 4.57 Å². The van der Waals surface area contributed by atoms with E-state index in [0.29, 0.717) is 11.5 Å². The minimum atomic E-state index is -0.412. The number of nitrogens with zero attached hydrogens (tertiary/aromatic N) is 2. The van der Waals surface area contributed by atoms with Gasteiger partial charge in [-0.15, -0.1) is 0 Å². The van der Waals surface area contributed by atoms with Gasteiger partial charge in [-0.25, -0.2) is 0 Å². The molecule has 0 radical (unpaired) electrons. The standard InChI is InChI=1S/C16H14N2O3/c1-11-8-12(10-19)15-6-7-17(16(15)9-11)13-2-4-14(5-3-13)18(20)21/h2-8,10-11H,9H2,1H3. The van der Waals surface area contributed by atoms with E-state index in [1.165, 1.54) is 12.1 Å². The molecular weight excluding hydrogens is 268 g/mol. The quantitative estimate of drug-likeness (QED) is 0.493. The Hall–Kier alpha value is -2.69. The van der Waals surface area contributed by atoms with E-state index in [-0.39, 0.29) is 5.69 Å². The van der Waals surface area contributed by atoms with Gasteiger partial charge in [0, 0.05) is 40.8 Å². The fourth-order valence-electron chi connectivity index (χ4n) is 2.78. The van der Waals surface area contributed by atoms with Crippen LogP contribution in [0.3, 0.4) is 0 Å². The van der Waals surface area contributed by atoms with Gasteiger partial charge < -0.3 is 4.57 Å². The van der Waals surface area contributed by atoms with Gasteiger partial charge in [-0.2, -0.15) is 0 Å². The number of carbonyl (C=O) groups excluding carboxylic acids is 1. The smallest absolute Gasteiger partial charge is 0.269 e. The second-order valence-corrected chi connectivity index (χ2v) is 5.24. The first-order valence-corrected chi connectivity index (χ1v) is 6.72. The van der Waals surface area contributed by atoms with Crippen LogP contribution in [0.2, 0.25) is 0 Å². The summed E-state index contributed by atoms with van der Waals surface area (Å²) >= 11 is 0. The molecular formula is C16H14N2O3. The number of hydrogen-bond donors (Lipinski definition) is 0. The Morgan fingerprint density at radius 2 is 2.00 bits per heavy atom. The van der Waals surface area contributed by atoms with Gasteiger partial charge in [-0.1, -0.05) is 13.0 Å². The SMILES string of the molecule is CC1C=C(C=O)c2ccn(-c3ccc([N+](=O)[O-])cc3)c2C1. The maximum atomic E-state index is 11.2. The lowest BCUT2D eigenvalue weighted by atomic mass is 9.90. The third-order valence-corrected chi connectivity index (χ3v) is 3.75. The lowest BCUT2D eigenvalue weighted by Crippen LogP contribution is -2.11. The molecule has 0 saturated carbocycles. The van der Waals surface area contributed by atoms with Crippen molar-refractivity contribution in [3.8, 4) is 5.69 Å². The highest BCUT2D eigenvalue weighted by atomic mass is 16.6. The summed E-state index contributed by atoms with van der Waals surface area (Å²) in [5, 5.41) is 10.7. The number of allylic oxidation sites excluding steroid dienone is 2. The minimum absolute atomic E-state index is 0.0709. The van der Waals surface area contributed by atoms with E-state index in [4.69, 9.17) is 0 Å². The van der Waals surface area contributed by atoms with Crippen LogP contribution < -0.4 is 0 Å². The summed E-state index contributed by atoms with van der Waals surface area (Å²) in [5.41, 5.74) is 3.66. The molecule has 0 aliphatic heterocycles. The van der Waals surface area contributed by atoms with Crippen LogP contribution in [0.4, 0.5) is 5.69 Å². The van der Waals surface area contributed by atoms with E-state index < -0.39 is 4.92 Å². The number of benzene rings is 1. The first-order chi connectivity index (χ1) is 10.1. The van der Waals surface area contributed by atoms with Crippen molar-refractivity contribution in [1.29, 1.82) is 0 Å². The molecule has 5 heteroatoms.